The van der Waals surface area contributed by atoms with Crippen LogP contribution < -0.4 is 15.0 Å². The van der Waals surface area contributed by atoms with Crippen LogP contribution in [0.25, 0.3) is 0 Å². The Bertz CT molecular complexity index is 711. The fourth-order valence-corrected chi connectivity index (χ4v) is 3.58. The number of likely N-dealkylation sites (tertiary alicyclic amines) is 1. The maximum atomic E-state index is 12.3. The predicted molar refractivity (Wildman–Crippen MR) is 105 cm³/mol. The predicted octanol–water partition coefficient (Wildman–Crippen LogP) is 2.49. The van der Waals surface area contributed by atoms with Gasteiger partial charge in [-0.3, -0.25) is 4.79 Å². The van der Waals surface area contributed by atoms with Crippen molar-refractivity contribution in [1.29, 1.82) is 0 Å². The van der Waals surface area contributed by atoms with Crippen molar-refractivity contribution in [3.05, 3.63) is 54.0 Å². The molecular formula is C22H31N2O3+. The second kappa shape index (κ2) is 8.61. The van der Waals surface area contributed by atoms with Crippen LogP contribution in [-0.4, -0.2) is 32.1 Å². The lowest BCUT2D eigenvalue weighted by Gasteiger charge is -2.23. The van der Waals surface area contributed by atoms with Crippen molar-refractivity contribution >= 4 is 5.91 Å². The van der Waals surface area contributed by atoms with E-state index in [0.717, 1.165) is 18.8 Å². The van der Waals surface area contributed by atoms with Crippen LogP contribution in [0.3, 0.4) is 0 Å². The van der Waals surface area contributed by atoms with E-state index in [1.165, 1.54) is 23.3 Å². The first-order valence-corrected chi connectivity index (χ1v) is 9.81. The van der Waals surface area contributed by atoms with Crippen molar-refractivity contribution in [2.45, 2.75) is 45.1 Å². The second-order valence-electron chi connectivity index (χ2n) is 8.30. The van der Waals surface area contributed by atoms with Gasteiger partial charge in [-0.2, -0.15) is 0 Å². The van der Waals surface area contributed by atoms with Gasteiger partial charge in [0.1, 0.15) is 5.75 Å². The standard InChI is InChI=1S/C22H30N2O3/c1-22(2,3)17-8-10-18(11-9-17)27-16-21(25)23-15-19(20-7-6-14-26-20)24-12-4-5-13-24/h6-11,14,19H,4-5,12-13,15-16H2,1-3H3,(H,23,25)/p+1/t19-/m1/s1. The Labute approximate surface area is 161 Å². The first-order chi connectivity index (χ1) is 12.9. The largest absolute Gasteiger partial charge is 0.484 e. The maximum Gasteiger partial charge on any atom is 0.258 e. The van der Waals surface area contributed by atoms with Gasteiger partial charge < -0.3 is 19.4 Å². The number of carbonyl (C=O) groups is 1. The van der Waals surface area contributed by atoms with Gasteiger partial charge in [-0.1, -0.05) is 32.9 Å². The normalized spacial score (nSPS) is 16.3. The van der Waals surface area contributed by atoms with E-state index in [2.05, 4.69) is 38.2 Å². The number of carbonyl (C=O) groups excluding carboxylic acids is 1. The summed E-state index contributed by atoms with van der Waals surface area (Å²) in [6.45, 7) is 9.36. The van der Waals surface area contributed by atoms with Crippen LogP contribution in [0.2, 0.25) is 0 Å². The molecule has 1 atom stereocenters. The Morgan fingerprint density at radius 2 is 1.89 bits per heavy atom. The van der Waals surface area contributed by atoms with E-state index in [4.69, 9.17) is 9.15 Å². The summed E-state index contributed by atoms with van der Waals surface area (Å²) in [4.78, 5) is 13.7. The molecule has 27 heavy (non-hydrogen) atoms. The van der Waals surface area contributed by atoms with Crippen LogP contribution >= 0.6 is 0 Å². The molecule has 0 unspecified atom stereocenters. The summed E-state index contributed by atoms with van der Waals surface area (Å²) in [6.07, 6.45) is 4.16. The second-order valence-corrected chi connectivity index (χ2v) is 8.30. The number of hydrogen-bond donors (Lipinski definition) is 2. The number of quaternary nitrogens is 1. The number of nitrogens with one attached hydrogen (secondary N) is 2. The highest BCUT2D eigenvalue weighted by Crippen LogP contribution is 2.24. The third-order valence-electron chi connectivity index (χ3n) is 5.22. The summed E-state index contributed by atoms with van der Waals surface area (Å²) in [5.74, 6) is 1.54. The third kappa shape index (κ3) is 5.36. The number of benzene rings is 1. The molecule has 0 saturated carbocycles. The average molecular weight is 372 g/mol. The van der Waals surface area contributed by atoms with Crippen LogP contribution in [0, 0.1) is 0 Å². The van der Waals surface area contributed by atoms with Crippen molar-refractivity contribution in [3.8, 4) is 5.75 Å². The Hall–Kier alpha value is -2.27. The number of ether oxygens (including phenoxy) is 1. The molecule has 1 aliphatic rings. The first kappa shape index (κ1) is 19.5. The van der Waals surface area contributed by atoms with E-state index in [-0.39, 0.29) is 24.0 Å². The number of amides is 1. The van der Waals surface area contributed by atoms with Crippen LogP contribution in [0.4, 0.5) is 0 Å². The molecular weight excluding hydrogens is 340 g/mol. The molecule has 0 bridgehead atoms. The molecule has 5 nitrogen and oxygen atoms in total. The number of furan rings is 1. The van der Waals surface area contributed by atoms with Gasteiger partial charge in [-0.25, -0.2) is 0 Å². The van der Waals surface area contributed by atoms with Gasteiger partial charge in [0.25, 0.3) is 5.91 Å². The third-order valence-corrected chi connectivity index (χ3v) is 5.22. The van der Waals surface area contributed by atoms with Crippen molar-refractivity contribution in [2.24, 2.45) is 0 Å². The first-order valence-electron chi connectivity index (χ1n) is 9.81. The van der Waals surface area contributed by atoms with E-state index in [1.807, 2.05) is 24.3 Å². The zero-order valence-corrected chi connectivity index (χ0v) is 16.6. The summed E-state index contributed by atoms with van der Waals surface area (Å²) in [5, 5.41) is 3.01. The molecule has 0 radical (unpaired) electrons. The minimum Gasteiger partial charge on any atom is -0.484 e. The molecule has 0 spiro atoms. The van der Waals surface area contributed by atoms with Gasteiger partial charge >= 0.3 is 0 Å². The fraction of sp³-hybridized carbons (Fsp3) is 0.500. The van der Waals surface area contributed by atoms with Gasteiger partial charge in [-0.05, 0) is 35.2 Å². The lowest BCUT2D eigenvalue weighted by molar-refractivity contribution is -0.919. The topological polar surface area (TPSA) is 55.9 Å². The molecule has 1 aromatic carbocycles. The molecule has 146 valence electrons. The summed E-state index contributed by atoms with van der Waals surface area (Å²) >= 11 is 0. The highest BCUT2D eigenvalue weighted by Gasteiger charge is 2.29. The Morgan fingerprint density at radius 1 is 1.19 bits per heavy atom. The molecule has 1 aliphatic heterocycles. The molecule has 3 rings (SSSR count). The van der Waals surface area contributed by atoms with E-state index in [1.54, 1.807) is 6.26 Å². The summed E-state index contributed by atoms with van der Waals surface area (Å²) in [7, 11) is 0. The van der Waals surface area contributed by atoms with Crippen LogP contribution in [-0.2, 0) is 10.2 Å². The van der Waals surface area contributed by atoms with Crippen LogP contribution in [0.1, 0.15) is 51.0 Å². The molecule has 2 N–H and O–H groups in total. The summed E-state index contributed by atoms with van der Waals surface area (Å²) < 4.78 is 11.2. The molecule has 1 saturated heterocycles. The quantitative estimate of drug-likeness (QED) is 0.786. The van der Waals surface area contributed by atoms with E-state index >= 15 is 0 Å². The minimum absolute atomic E-state index is 0.0229. The number of rotatable bonds is 7. The maximum absolute atomic E-state index is 12.3. The van der Waals surface area contributed by atoms with Crippen molar-refractivity contribution in [2.75, 3.05) is 26.2 Å². The molecule has 2 heterocycles. The highest BCUT2D eigenvalue weighted by atomic mass is 16.5. The van der Waals surface area contributed by atoms with Gasteiger partial charge in [-0.15, -0.1) is 0 Å². The lowest BCUT2D eigenvalue weighted by Crippen LogP contribution is -3.11. The molecule has 0 aliphatic carbocycles. The van der Waals surface area contributed by atoms with Gasteiger partial charge in [0.15, 0.2) is 18.4 Å². The Balaban J connectivity index is 1.49. The van der Waals surface area contributed by atoms with E-state index < -0.39 is 0 Å². The fourth-order valence-electron chi connectivity index (χ4n) is 3.58. The van der Waals surface area contributed by atoms with E-state index in [9.17, 15) is 4.79 Å². The van der Waals surface area contributed by atoms with Crippen molar-refractivity contribution < 1.29 is 18.8 Å². The minimum atomic E-state index is -0.106. The monoisotopic (exact) mass is 371 g/mol. The molecule has 1 fully saturated rings. The molecule has 5 heteroatoms. The summed E-state index contributed by atoms with van der Waals surface area (Å²) in [6, 6.07) is 12.0. The molecule has 2 aromatic rings. The number of hydrogen-bond acceptors (Lipinski definition) is 3. The van der Waals surface area contributed by atoms with E-state index in [0.29, 0.717) is 12.3 Å². The SMILES string of the molecule is CC(C)(C)c1ccc(OCC(=O)NC[C@H](c2ccco2)[NH+]2CCCC2)cc1. The average Bonchev–Trinajstić information content (AvgIpc) is 3.34. The van der Waals surface area contributed by atoms with Crippen molar-refractivity contribution in [1.82, 2.24) is 5.32 Å². The molecule has 1 aromatic heterocycles. The summed E-state index contributed by atoms with van der Waals surface area (Å²) in [5.41, 5.74) is 1.35. The van der Waals surface area contributed by atoms with Gasteiger partial charge in [0.2, 0.25) is 0 Å². The van der Waals surface area contributed by atoms with Crippen LogP contribution in [0.15, 0.2) is 47.1 Å². The van der Waals surface area contributed by atoms with Gasteiger partial charge in [0.05, 0.1) is 25.9 Å². The van der Waals surface area contributed by atoms with Crippen molar-refractivity contribution in [3.63, 3.8) is 0 Å². The molecule has 1 amide bonds. The smallest absolute Gasteiger partial charge is 0.258 e. The highest BCUT2D eigenvalue weighted by molar-refractivity contribution is 5.77. The Kier molecular flexibility index (Phi) is 6.22. The Morgan fingerprint density at radius 3 is 2.48 bits per heavy atom. The van der Waals surface area contributed by atoms with Crippen LogP contribution in [0.5, 0.6) is 5.75 Å². The van der Waals surface area contributed by atoms with Gasteiger partial charge in [0, 0.05) is 12.8 Å². The zero-order chi connectivity index (χ0) is 19.3. The lowest BCUT2D eigenvalue weighted by atomic mass is 9.87. The zero-order valence-electron chi connectivity index (χ0n) is 16.6.